The van der Waals surface area contributed by atoms with E-state index < -0.39 is 5.82 Å². The van der Waals surface area contributed by atoms with E-state index in [-0.39, 0.29) is 27.1 Å². The van der Waals surface area contributed by atoms with Gasteiger partial charge in [0.1, 0.15) is 5.82 Å². The lowest BCUT2D eigenvalue weighted by Crippen LogP contribution is -2.54. The van der Waals surface area contributed by atoms with Crippen molar-refractivity contribution in [1.29, 1.82) is 0 Å². The number of aromatic nitrogens is 1. The molecule has 0 radical (unpaired) electrons. The van der Waals surface area contributed by atoms with E-state index in [0.717, 1.165) is 24.4 Å². The number of nitrogens with one attached hydrogen (secondary N) is 1. The molecule has 1 atom stereocenters. The highest BCUT2D eigenvalue weighted by Gasteiger charge is 2.33. The van der Waals surface area contributed by atoms with E-state index in [9.17, 15) is 9.18 Å². The lowest BCUT2D eigenvalue weighted by atomic mass is 9.99. The Hall–Kier alpha value is -2.13. The Morgan fingerprint density at radius 2 is 2.17 bits per heavy atom. The van der Waals surface area contributed by atoms with Crippen molar-refractivity contribution in [2.45, 2.75) is 12.5 Å². The number of piperazine rings is 1. The summed E-state index contributed by atoms with van der Waals surface area (Å²) in [5.41, 5.74) is 7.49. The van der Waals surface area contributed by atoms with E-state index in [1.165, 1.54) is 6.07 Å². The predicted molar refractivity (Wildman–Crippen MR) is 117 cm³/mol. The van der Waals surface area contributed by atoms with Crippen LogP contribution < -0.4 is 15.8 Å². The molecule has 5 rings (SSSR count). The number of benzene rings is 2. The number of amides is 1. The third-order valence-corrected chi connectivity index (χ3v) is 7.05. The summed E-state index contributed by atoms with van der Waals surface area (Å²) < 4.78 is 20.5. The molecule has 1 unspecified atom stereocenters. The minimum absolute atomic E-state index is 0.0614. The van der Waals surface area contributed by atoms with E-state index in [4.69, 9.17) is 33.7 Å². The molecule has 0 aliphatic carbocycles. The molecule has 10 heteroatoms. The van der Waals surface area contributed by atoms with Crippen LogP contribution in [-0.4, -0.2) is 48.1 Å². The zero-order chi connectivity index (χ0) is 21.0. The number of anilines is 1. The van der Waals surface area contributed by atoms with Crippen LogP contribution in [0.1, 0.15) is 16.8 Å². The number of hydrogen-bond acceptors (Lipinski definition) is 6. The summed E-state index contributed by atoms with van der Waals surface area (Å²) in [5, 5.41) is 4.02. The fourth-order valence-electron chi connectivity index (χ4n) is 4.08. The number of rotatable bonds is 1. The van der Waals surface area contributed by atoms with Crippen molar-refractivity contribution in [3.05, 3.63) is 39.6 Å². The minimum atomic E-state index is -0.419. The van der Waals surface area contributed by atoms with Crippen LogP contribution in [0.3, 0.4) is 0 Å². The van der Waals surface area contributed by atoms with Gasteiger partial charge in [-0.2, -0.15) is 0 Å². The Labute approximate surface area is 185 Å². The molecule has 1 aromatic heterocycles. The first-order valence-corrected chi connectivity index (χ1v) is 11.0. The molecule has 2 aromatic carbocycles. The fourth-order valence-corrected chi connectivity index (χ4v) is 5.56. The monoisotopic (exact) mass is 466 g/mol. The average molecular weight is 467 g/mol. The van der Waals surface area contributed by atoms with Gasteiger partial charge in [-0.25, -0.2) is 9.37 Å². The first-order chi connectivity index (χ1) is 14.5. The lowest BCUT2D eigenvalue weighted by molar-refractivity contribution is 0.0576. The van der Waals surface area contributed by atoms with Gasteiger partial charge >= 0.3 is 0 Å². The predicted octanol–water partition coefficient (Wildman–Crippen LogP) is 4.19. The molecule has 3 heterocycles. The highest BCUT2D eigenvalue weighted by Crippen LogP contribution is 2.47. The van der Waals surface area contributed by atoms with Crippen LogP contribution in [0.2, 0.25) is 10.0 Å². The normalized spacial score (nSPS) is 19.1. The average Bonchev–Trinajstić information content (AvgIpc) is 3.12. The number of nitrogens with two attached hydrogens (primary N) is 1. The van der Waals surface area contributed by atoms with Crippen molar-refractivity contribution in [2.24, 2.45) is 0 Å². The zero-order valence-electron chi connectivity index (χ0n) is 15.7. The smallest absolute Gasteiger partial charge is 0.258 e. The van der Waals surface area contributed by atoms with Crippen LogP contribution in [0, 0.1) is 5.82 Å². The van der Waals surface area contributed by atoms with Gasteiger partial charge in [0.2, 0.25) is 0 Å². The largest absolute Gasteiger partial charge is 0.491 e. The minimum Gasteiger partial charge on any atom is -0.491 e. The molecule has 2 aliphatic heterocycles. The van der Waals surface area contributed by atoms with Gasteiger partial charge in [-0.3, -0.25) is 4.79 Å². The summed E-state index contributed by atoms with van der Waals surface area (Å²) in [6, 6.07) is 4.53. The molecule has 6 nitrogen and oxygen atoms in total. The molecule has 30 heavy (non-hydrogen) atoms. The maximum Gasteiger partial charge on any atom is 0.258 e. The first-order valence-electron chi connectivity index (χ1n) is 9.47. The van der Waals surface area contributed by atoms with Crippen molar-refractivity contribution in [1.82, 2.24) is 15.2 Å². The molecular formula is C20H17Cl2FN4O2S. The summed E-state index contributed by atoms with van der Waals surface area (Å²) in [5.74, 6) is -0.287. The molecule has 1 amide bonds. The third kappa shape index (κ3) is 3.10. The van der Waals surface area contributed by atoms with Crippen LogP contribution in [0.4, 0.5) is 9.52 Å². The number of carbonyl (C=O) groups is 1. The zero-order valence-corrected chi connectivity index (χ0v) is 18.0. The summed E-state index contributed by atoms with van der Waals surface area (Å²) in [6.07, 6.45) is 0.690. The summed E-state index contributed by atoms with van der Waals surface area (Å²) >= 11 is 14.4. The van der Waals surface area contributed by atoms with Gasteiger partial charge in [-0.05, 0) is 18.2 Å². The molecular weight excluding hydrogens is 450 g/mol. The molecule has 1 saturated heterocycles. The number of hydrogen-bond donors (Lipinski definition) is 2. The maximum absolute atomic E-state index is 14.2. The molecule has 0 bridgehead atoms. The highest BCUT2D eigenvalue weighted by atomic mass is 35.5. The van der Waals surface area contributed by atoms with E-state index in [0.29, 0.717) is 52.2 Å². The number of ether oxygens (including phenoxy) is 1. The van der Waals surface area contributed by atoms with Crippen molar-refractivity contribution >= 4 is 55.8 Å². The molecule has 156 valence electrons. The van der Waals surface area contributed by atoms with E-state index >= 15 is 0 Å². The Morgan fingerprint density at radius 1 is 1.33 bits per heavy atom. The van der Waals surface area contributed by atoms with Crippen LogP contribution in [0.25, 0.3) is 21.3 Å². The second kappa shape index (κ2) is 7.53. The molecule has 1 fully saturated rings. The van der Waals surface area contributed by atoms with Crippen LogP contribution in [0.5, 0.6) is 5.75 Å². The van der Waals surface area contributed by atoms with Crippen LogP contribution >= 0.6 is 34.5 Å². The fraction of sp³-hybridized carbons (Fsp3) is 0.300. The van der Waals surface area contributed by atoms with Crippen molar-refractivity contribution in [3.8, 4) is 16.9 Å². The SMILES string of the molecule is Nc1nc2c(-c3c(Cl)cc4c(c3Cl)OCCC3CNCCN3C4=O)ccc(F)c2s1. The highest BCUT2D eigenvalue weighted by molar-refractivity contribution is 7.22. The van der Waals surface area contributed by atoms with Gasteiger partial charge in [0.05, 0.1) is 32.4 Å². The van der Waals surface area contributed by atoms with Crippen LogP contribution in [-0.2, 0) is 0 Å². The van der Waals surface area contributed by atoms with Crippen molar-refractivity contribution in [3.63, 3.8) is 0 Å². The van der Waals surface area contributed by atoms with E-state index in [1.54, 1.807) is 12.1 Å². The molecule has 3 N–H and O–H groups in total. The maximum atomic E-state index is 14.2. The quantitative estimate of drug-likeness (QED) is 0.561. The first kappa shape index (κ1) is 19.8. The van der Waals surface area contributed by atoms with E-state index in [2.05, 4.69) is 10.3 Å². The number of thiazole rings is 1. The second-order valence-corrected chi connectivity index (χ2v) is 9.06. The van der Waals surface area contributed by atoms with Crippen molar-refractivity contribution < 1.29 is 13.9 Å². The number of halogens is 3. The molecule has 0 saturated carbocycles. The standard InChI is InChI=1S/C20H17Cl2FN4O2S/c21-12-7-11-17(29-6-3-9-8-25-4-5-27(9)19(11)28)15(22)14(12)10-1-2-13(23)18-16(10)26-20(24)30-18/h1-2,7,9,25H,3-6,8H2,(H2,24,26). The Balaban J connectivity index is 1.70. The van der Waals surface area contributed by atoms with Gasteiger partial charge in [0.25, 0.3) is 5.91 Å². The third-order valence-electron chi connectivity index (χ3n) is 5.49. The summed E-state index contributed by atoms with van der Waals surface area (Å²) in [4.78, 5) is 19.4. The summed E-state index contributed by atoms with van der Waals surface area (Å²) in [7, 11) is 0. The Morgan fingerprint density at radius 3 is 3.00 bits per heavy atom. The van der Waals surface area contributed by atoms with Crippen molar-refractivity contribution in [2.75, 3.05) is 32.0 Å². The van der Waals surface area contributed by atoms with Gasteiger partial charge < -0.3 is 20.7 Å². The Kier molecular flexibility index (Phi) is 4.97. The van der Waals surface area contributed by atoms with E-state index in [1.807, 2.05) is 4.90 Å². The van der Waals surface area contributed by atoms with Gasteiger partial charge in [-0.15, -0.1) is 0 Å². The van der Waals surface area contributed by atoms with Gasteiger partial charge in [0, 0.05) is 43.2 Å². The topological polar surface area (TPSA) is 80.5 Å². The number of fused-ring (bicyclic) bond motifs is 3. The van der Waals surface area contributed by atoms with Crippen LogP contribution in [0.15, 0.2) is 18.2 Å². The molecule has 3 aromatic rings. The number of carbonyl (C=O) groups excluding carboxylic acids is 1. The molecule has 2 aliphatic rings. The second-order valence-electron chi connectivity index (χ2n) is 7.24. The molecule has 0 spiro atoms. The number of nitrogen functional groups attached to an aromatic ring is 1. The summed E-state index contributed by atoms with van der Waals surface area (Å²) in [6.45, 7) is 2.47. The Bertz CT molecular complexity index is 1190. The van der Waals surface area contributed by atoms with Gasteiger partial charge in [-0.1, -0.05) is 34.5 Å². The number of nitrogens with zero attached hydrogens (tertiary/aromatic N) is 2. The van der Waals surface area contributed by atoms with Gasteiger partial charge in [0.15, 0.2) is 10.9 Å². The lowest BCUT2D eigenvalue weighted by Gasteiger charge is -2.38.